The van der Waals surface area contributed by atoms with Gasteiger partial charge < -0.3 is 11.1 Å². The number of nitrogens with two attached hydrogens (primary N) is 1. The molecule has 0 fully saturated rings. The standard InChI is InChI=1S/C11H16N4/c1-3-7-13-11-10(5-4-6-12)8-14-9(2)15-11/h8H,3,6-7,12H2,1-2H3,(H,13,14,15). The summed E-state index contributed by atoms with van der Waals surface area (Å²) in [5, 5.41) is 3.22. The number of aromatic nitrogens is 2. The molecule has 0 aliphatic rings. The van der Waals surface area contributed by atoms with Gasteiger partial charge in [0.25, 0.3) is 0 Å². The minimum absolute atomic E-state index is 0.348. The Kier molecular flexibility index (Phi) is 4.58. The van der Waals surface area contributed by atoms with E-state index in [4.69, 9.17) is 5.73 Å². The van der Waals surface area contributed by atoms with Gasteiger partial charge in [-0.15, -0.1) is 0 Å². The molecule has 0 amide bonds. The van der Waals surface area contributed by atoms with Gasteiger partial charge >= 0.3 is 0 Å². The smallest absolute Gasteiger partial charge is 0.145 e. The van der Waals surface area contributed by atoms with Crippen molar-refractivity contribution < 1.29 is 0 Å². The third-order valence-electron chi connectivity index (χ3n) is 1.78. The number of nitrogens with zero attached hydrogens (tertiary/aromatic N) is 2. The molecule has 0 radical (unpaired) electrons. The van der Waals surface area contributed by atoms with Crippen LogP contribution in [0.2, 0.25) is 0 Å². The van der Waals surface area contributed by atoms with Crippen LogP contribution in [0.5, 0.6) is 0 Å². The molecule has 0 unspecified atom stereocenters. The van der Waals surface area contributed by atoms with E-state index in [-0.39, 0.29) is 0 Å². The van der Waals surface area contributed by atoms with Crippen LogP contribution in [-0.2, 0) is 0 Å². The van der Waals surface area contributed by atoms with Gasteiger partial charge in [0.2, 0.25) is 0 Å². The summed E-state index contributed by atoms with van der Waals surface area (Å²) in [4.78, 5) is 8.40. The second kappa shape index (κ2) is 5.99. The van der Waals surface area contributed by atoms with E-state index in [1.807, 2.05) is 6.92 Å². The van der Waals surface area contributed by atoms with Crippen LogP contribution in [0, 0.1) is 18.8 Å². The zero-order valence-corrected chi connectivity index (χ0v) is 9.17. The number of hydrogen-bond acceptors (Lipinski definition) is 4. The Morgan fingerprint density at radius 3 is 3.00 bits per heavy atom. The largest absolute Gasteiger partial charge is 0.369 e. The van der Waals surface area contributed by atoms with Crippen LogP contribution in [0.4, 0.5) is 5.82 Å². The normalized spacial score (nSPS) is 9.27. The maximum Gasteiger partial charge on any atom is 0.145 e. The zero-order chi connectivity index (χ0) is 11.1. The van der Waals surface area contributed by atoms with Gasteiger partial charge in [-0.25, -0.2) is 9.97 Å². The maximum absolute atomic E-state index is 5.32. The summed E-state index contributed by atoms with van der Waals surface area (Å²) in [5.41, 5.74) is 6.13. The Balaban J connectivity index is 2.92. The lowest BCUT2D eigenvalue weighted by molar-refractivity contribution is 0.951. The van der Waals surface area contributed by atoms with Crippen molar-refractivity contribution in [2.24, 2.45) is 5.73 Å². The molecule has 4 nitrogen and oxygen atoms in total. The van der Waals surface area contributed by atoms with Crippen molar-refractivity contribution in [1.29, 1.82) is 0 Å². The van der Waals surface area contributed by atoms with Crippen LogP contribution < -0.4 is 11.1 Å². The molecule has 0 aromatic carbocycles. The summed E-state index contributed by atoms with van der Waals surface area (Å²) in [6, 6.07) is 0. The molecule has 80 valence electrons. The maximum atomic E-state index is 5.32. The fourth-order valence-corrected chi connectivity index (χ4v) is 1.09. The molecule has 1 rings (SSSR count). The van der Waals surface area contributed by atoms with Crippen molar-refractivity contribution >= 4 is 5.82 Å². The van der Waals surface area contributed by atoms with Gasteiger partial charge in [0.05, 0.1) is 12.1 Å². The van der Waals surface area contributed by atoms with Crippen molar-refractivity contribution in [3.8, 4) is 11.8 Å². The summed E-state index contributed by atoms with van der Waals surface area (Å²) < 4.78 is 0. The molecular formula is C11H16N4. The highest BCUT2D eigenvalue weighted by Gasteiger charge is 2.01. The lowest BCUT2D eigenvalue weighted by Crippen LogP contribution is -2.06. The number of hydrogen-bond donors (Lipinski definition) is 2. The van der Waals surface area contributed by atoms with Crippen LogP contribution in [0.25, 0.3) is 0 Å². The predicted octanol–water partition coefficient (Wildman–Crippen LogP) is 0.917. The van der Waals surface area contributed by atoms with Crippen molar-refractivity contribution in [3.63, 3.8) is 0 Å². The first-order chi connectivity index (χ1) is 7.27. The monoisotopic (exact) mass is 204 g/mol. The fraction of sp³-hybridized carbons (Fsp3) is 0.455. The van der Waals surface area contributed by atoms with Gasteiger partial charge in [-0.05, 0) is 13.3 Å². The van der Waals surface area contributed by atoms with E-state index in [2.05, 4.69) is 34.0 Å². The molecule has 0 saturated carbocycles. The Morgan fingerprint density at radius 2 is 2.33 bits per heavy atom. The lowest BCUT2D eigenvalue weighted by atomic mass is 10.3. The number of aryl methyl sites for hydroxylation is 1. The summed E-state index contributed by atoms with van der Waals surface area (Å²) in [6.45, 7) is 5.19. The Hall–Kier alpha value is -1.60. The highest BCUT2D eigenvalue weighted by atomic mass is 15.0. The van der Waals surface area contributed by atoms with Gasteiger partial charge in [-0.1, -0.05) is 18.8 Å². The fourth-order valence-electron chi connectivity index (χ4n) is 1.09. The molecule has 1 heterocycles. The topological polar surface area (TPSA) is 63.8 Å². The van der Waals surface area contributed by atoms with Crippen LogP contribution in [0.3, 0.4) is 0 Å². The van der Waals surface area contributed by atoms with Crippen LogP contribution in [0.1, 0.15) is 24.7 Å². The van der Waals surface area contributed by atoms with E-state index in [1.165, 1.54) is 0 Å². The Morgan fingerprint density at radius 1 is 1.53 bits per heavy atom. The van der Waals surface area contributed by atoms with Crippen molar-refractivity contribution in [1.82, 2.24) is 9.97 Å². The molecular weight excluding hydrogens is 188 g/mol. The molecule has 0 saturated heterocycles. The zero-order valence-electron chi connectivity index (χ0n) is 9.17. The van der Waals surface area contributed by atoms with E-state index in [9.17, 15) is 0 Å². The first-order valence-electron chi connectivity index (χ1n) is 5.04. The highest BCUT2D eigenvalue weighted by molar-refractivity contribution is 5.52. The van der Waals surface area contributed by atoms with Gasteiger partial charge in [-0.3, -0.25) is 0 Å². The second-order valence-corrected chi connectivity index (χ2v) is 3.11. The molecule has 4 heteroatoms. The second-order valence-electron chi connectivity index (χ2n) is 3.11. The van der Waals surface area contributed by atoms with Gasteiger partial charge in [0.1, 0.15) is 11.6 Å². The quantitative estimate of drug-likeness (QED) is 0.718. The Labute approximate surface area is 90.3 Å². The summed E-state index contributed by atoms with van der Waals surface area (Å²) in [5.74, 6) is 7.28. The molecule has 1 aromatic rings. The summed E-state index contributed by atoms with van der Waals surface area (Å²) >= 11 is 0. The highest BCUT2D eigenvalue weighted by Crippen LogP contribution is 2.09. The Bertz CT molecular complexity index is 376. The number of anilines is 1. The summed E-state index contributed by atoms with van der Waals surface area (Å²) in [7, 11) is 0. The molecule has 1 aromatic heterocycles. The number of rotatable bonds is 3. The molecule has 15 heavy (non-hydrogen) atoms. The predicted molar refractivity (Wildman–Crippen MR) is 61.5 cm³/mol. The van der Waals surface area contributed by atoms with Crippen molar-refractivity contribution in [2.75, 3.05) is 18.4 Å². The van der Waals surface area contributed by atoms with E-state index < -0.39 is 0 Å². The van der Waals surface area contributed by atoms with Crippen molar-refractivity contribution in [3.05, 3.63) is 17.6 Å². The first kappa shape index (κ1) is 11.5. The minimum Gasteiger partial charge on any atom is -0.369 e. The lowest BCUT2D eigenvalue weighted by Gasteiger charge is -2.06. The van der Waals surface area contributed by atoms with Crippen LogP contribution in [-0.4, -0.2) is 23.1 Å². The van der Waals surface area contributed by atoms with E-state index in [0.717, 1.165) is 30.2 Å². The minimum atomic E-state index is 0.348. The van der Waals surface area contributed by atoms with Gasteiger partial charge in [-0.2, -0.15) is 0 Å². The molecule has 0 bridgehead atoms. The summed E-state index contributed by atoms with van der Waals surface area (Å²) in [6.07, 6.45) is 2.77. The van der Waals surface area contributed by atoms with Gasteiger partial charge in [0, 0.05) is 12.7 Å². The molecule has 0 aliphatic carbocycles. The van der Waals surface area contributed by atoms with Gasteiger partial charge in [0.15, 0.2) is 0 Å². The van der Waals surface area contributed by atoms with Crippen LogP contribution in [0.15, 0.2) is 6.20 Å². The van der Waals surface area contributed by atoms with E-state index >= 15 is 0 Å². The van der Waals surface area contributed by atoms with E-state index in [1.54, 1.807) is 6.20 Å². The average molecular weight is 204 g/mol. The molecule has 3 N–H and O–H groups in total. The van der Waals surface area contributed by atoms with Crippen molar-refractivity contribution in [2.45, 2.75) is 20.3 Å². The molecule has 0 aliphatic heterocycles. The third-order valence-corrected chi connectivity index (χ3v) is 1.78. The molecule has 0 spiro atoms. The van der Waals surface area contributed by atoms with Crippen LogP contribution >= 0.6 is 0 Å². The molecule has 0 atom stereocenters. The number of nitrogens with one attached hydrogen (secondary N) is 1. The third kappa shape index (κ3) is 3.56. The average Bonchev–Trinajstić information content (AvgIpc) is 2.25. The van der Waals surface area contributed by atoms with E-state index in [0.29, 0.717) is 6.54 Å². The first-order valence-corrected chi connectivity index (χ1v) is 5.04. The SMILES string of the molecule is CCCNc1nc(C)ncc1C#CCN.